The van der Waals surface area contributed by atoms with Gasteiger partial charge in [-0.2, -0.15) is 4.98 Å². The summed E-state index contributed by atoms with van der Waals surface area (Å²) in [5.74, 6) is 0.649. The first-order valence-electron chi connectivity index (χ1n) is 8.12. The second kappa shape index (κ2) is 7.08. The van der Waals surface area contributed by atoms with Crippen LogP contribution in [0.2, 0.25) is 0 Å². The smallest absolute Gasteiger partial charge is 0.248 e. The van der Waals surface area contributed by atoms with Crippen LogP contribution >= 0.6 is 0 Å². The summed E-state index contributed by atoms with van der Waals surface area (Å²) in [6.45, 7) is 2.68. The lowest BCUT2D eigenvalue weighted by Crippen LogP contribution is -2.39. The zero-order valence-electron chi connectivity index (χ0n) is 13.5. The Bertz CT molecular complexity index is 834. The van der Waals surface area contributed by atoms with Crippen molar-refractivity contribution in [3.05, 3.63) is 66.1 Å². The van der Waals surface area contributed by atoms with Crippen molar-refractivity contribution in [2.24, 2.45) is 0 Å². The number of rotatable bonds is 4. The van der Waals surface area contributed by atoms with E-state index in [9.17, 15) is 4.39 Å². The molecule has 3 aromatic rings. The molecule has 1 aliphatic heterocycles. The van der Waals surface area contributed by atoms with Gasteiger partial charge >= 0.3 is 0 Å². The van der Waals surface area contributed by atoms with Gasteiger partial charge in [0.25, 0.3) is 0 Å². The summed E-state index contributed by atoms with van der Waals surface area (Å²) in [6.07, 6.45) is 3.36. The van der Waals surface area contributed by atoms with E-state index < -0.39 is 0 Å². The van der Waals surface area contributed by atoms with Crippen molar-refractivity contribution in [1.82, 2.24) is 20.0 Å². The highest BCUT2D eigenvalue weighted by Crippen LogP contribution is 2.30. The van der Waals surface area contributed by atoms with Gasteiger partial charge in [-0.05, 0) is 29.8 Å². The summed E-state index contributed by atoms with van der Waals surface area (Å²) in [6, 6.07) is 9.84. The third kappa shape index (κ3) is 3.42. The molecular weight excluding hydrogens is 323 g/mol. The Kier molecular flexibility index (Phi) is 4.49. The Balaban J connectivity index is 1.72. The predicted molar refractivity (Wildman–Crippen MR) is 88.2 cm³/mol. The molecule has 0 radical (unpaired) electrons. The molecule has 6 nitrogen and oxygen atoms in total. The predicted octanol–water partition coefficient (Wildman–Crippen LogP) is 2.69. The number of aromatic nitrogens is 3. The maximum absolute atomic E-state index is 13.8. The van der Waals surface area contributed by atoms with Crippen LogP contribution in [-0.2, 0) is 4.74 Å². The molecule has 1 aromatic carbocycles. The van der Waals surface area contributed by atoms with Crippen LogP contribution in [0.5, 0.6) is 0 Å². The quantitative estimate of drug-likeness (QED) is 0.728. The number of hydrogen-bond acceptors (Lipinski definition) is 6. The minimum atomic E-state index is -0.303. The molecule has 1 unspecified atom stereocenters. The van der Waals surface area contributed by atoms with Crippen LogP contribution in [0.15, 0.2) is 53.3 Å². The lowest BCUT2D eigenvalue weighted by molar-refractivity contribution is 0.0180. The van der Waals surface area contributed by atoms with Gasteiger partial charge < -0.3 is 9.26 Å². The fourth-order valence-corrected chi connectivity index (χ4v) is 2.99. The van der Waals surface area contributed by atoms with E-state index in [0.29, 0.717) is 38.0 Å². The monoisotopic (exact) mass is 340 g/mol. The SMILES string of the molecule is Fc1cccc(C(c2nc(-c3ccncc3)no2)N2CCOCC2)c1. The Morgan fingerprint density at radius 3 is 2.64 bits per heavy atom. The van der Waals surface area contributed by atoms with E-state index in [1.54, 1.807) is 18.5 Å². The van der Waals surface area contributed by atoms with Crippen molar-refractivity contribution in [1.29, 1.82) is 0 Å². The fourth-order valence-electron chi connectivity index (χ4n) is 2.99. The number of nitrogens with zero attached hydrogens (tertiary/aromatic N) is 4. The van der Waals surface area contributed by atoms with E-state index in [4.69, 9.17) is 9.26 Å². The fraction of sp³-hybridized carbons (Fsp3) is 0.278. The third-order valence-electron chi connectivity index (χ3n) is 4.19. The molecule has 0 saturated carbocycles. The van der Waals surface area contributed by atoms with Crippen LogP contribution in [0.1, 0.15) is 17.5 Å². The highest BCUT2D eigenvalue weighted by atomic mass is 19.1. The molecule has 4 rings (SSSR count). The van der Waals surface area contributed by atoms with Gasteiger partial charge in [-0.3, -0.25) is 9.88 Å². The number of halogens is 1. The molecule has 0 N–H and O–H groups in total. The van der Waals surface area contributed by atoms with Gasteiger partial charge in [0.05, 0.1) is 13.2 Å². The topological polar surface area (TPSA) is 64.3 Å². The molecule has 0 spiro atoms. The number of benzene rings is 1. The molecule has 0 aliphatic carbocycles. The molecular formula is C18H17FN4O2. The average Bonchev–Trinajstić information content (AvgIpc) is 3.13. The van der Waals surface area contributed by atoms with E-state index in [0.717, 1.165) is 11.1 Å². The number of hydrogen-bond donors (Lipinski definition) is 0. The second-order valence-corrected chi connectivity index (χ2v) is 5.80. The van der Waals surface area contributed by atoms with Crippen molar-refractivity contribution < 1.29 is 13.7 Å². The van der Waals surface area contributed by atoms with E-state index in [2.05, 4.69) is 20.0 Å². The molecule has 25 heavy (non-hydrogen) atoms. The first-order chi connectivity index (χ1) is 12.3. The summed E-state index contributed by atoms with van der Waals surface area (Å²) in [5, 5.41) is 4.08. The summed E-state index contributed by atoms with van der Waals surface area (Å²) in [4.78, 5) is 10.7. The first-order valence-corrected chi connectivity index (χ1v) is 8.12. The summed E-state index contributed by atoms with van der Waals surface area (Å²) in [7, 11) is 0. The van der Waals surface area contributed by atoms with Crippen LogP contribution in [-0.4, -0.2) is 46.3 Å². The van der Waals surface area contributed by atoms with Crippen molar-refractivity contribution in [2.45, 2.75) is 6.04 Å². The molecule has 2 aromatic heterocycles. The van der Waals surface area contributed by atoms with E-state index in [-0.39, 0.29) is 11.9 Å². The highest BCUT2D eigenvalue weighted by molar-refractivity contribution is 5.52. The third-order valence-corrected chi connectivity index (χ3v) is 4.19. The zero-order chi connectivity index (χ0) is 17.1. The van der Waals surface area contributed by atoms with Crippen LogP contribution < -0.4 is 0 Å². The van der Waals surface area contributed by atoms with Gasteiger partial charge in [-0.25, -0.2) is 4.39 Å². The second-order valence-electron chi connectivity index (χ2n) is 5.80. The molecule has 0 amide bonds. The Hall–Kier alpha value is -2.64. The largest absolute Gasteiger partial charge is 0.379 e. The molecule has 1 atom stereocenters. The van der Waals surface area contributed by atoms with Crippen LogP contribution in [0.3, 0.4) is 0 Å². The highest BCUT2D eigenvalue weighted by Gasteiger charge is 2.29. The number of morpholine rings is 1. The van der Waals surface area contributed by atoms with Gasteiger partial charge in [0.15, 0.2) is 0 Å². The first kappa shape index (κ1) is 15.9. The van der Waals surface area contributed by atoms with Crippen LogP contribution in [0.25, 0.3) is 11.4 Å². The van der Waals surface area contributed by atoms with E-state index in [1.807, 2.05) is 18.2 Å². The zero-order valence-corrected chi connectivity index (χ0v) is 13.5. The number of ether oxygens (including phenoxy) is 1. The maximum Gasteiger partial charge on any atom is 0.248 e. The molecule has 3 heterocycles. The Morgan fingerprint density at radius 2 is 1.88 bits per heavy atom. The summed E-state index contributed by atoms with van der Waals surface area (Å²) >= 11 is 0. The molecule has 1 fully saturated rings. The standard InChI is InChI=1S/C18H17FN4O2/c19-15-3-1-2-14(12-15)16(23-8-10-24-11-9-23)18-21-17(22-25-18)13-4-6-20-7-5-13/h1-7,12,16H,8-11H2. The van der Waals surface area contributed by atoms with Gasteiger partial charge in [-0.1, -0.05) is 17.3 Å². The van der Waals surface area contributed by atoms with Gasteiger partial charge in [0.2, 0.25) is 11.7 Å². The minimum absolute atomic E-state index is 0.287. The minimum Gasteiger partial charge on any atom is -0.379 e. The van der Waals surface area contributed by atoms with E-state index in [1.165, 1.54) is 12.1 Å². The molecule has 0 bridgehead atoms. The molecule has 128 valence electrons. The van der Waals surface area contributed by atoms with Crippen LogP contribution in [0.4, 0.5) is 4.39 Å². The normalized spacial score (nSPS) is 16.7. The lowest BCUT2D eigenvalue weighted by Gasteiger charge is -2.32. The van der Waals surface area contributed by atoms with Crippen molar-refractivity contribution in [3.63, 3.8) is 0 Å². The number of pyridine rings is 1. The maximum atomic E-state index is 13.8. The summed E-state index contributed by atoms with van der Waals surface area (Å²) in [5.41, 5.74) is 1.61. The van der Waals surface area contributed by atoms with E-state index >= 15 is 0 Å². The van der Waals surface area contributed by atoms with Crippen molar-refractivity contribution >= 4 is 0 Å². The Labute approximate surface area is 144 Å². The van der Waals surface area contributed by atoms with Crippen molar-refractivity contribution in [3.8, 4) is 11.4 Å². The van der Waals surface area contributed by atoms with Crippen molar-refractivity contribution in [2.75, 3.05) is 26.3 Å². The van der Waals surface area contributed by atoms with Crippen LogP contribution in [0, 0.1) is 5.82 Å². The molecule has 1 saturated heterocycles. The molecule has 7 heteroatoms. The van der Waals surface area contributed by atoms with Gasteiger partial charge in [-0.15, -0.1) is 0 Å². The summed E-state index contributed by atoms with van der Waals surface area (Å²) < 4.78 is 24.7. The lowest BCUT2D eigenvalue weighted by atomic mass is 10.0. The molecule has 1 aliphatic rings. The average molecular weight is 340 g/mol. The van der Waals surface area contributed by atoms with Gasteiger partial charge in [0.1, 0.15) is 11.9 Å². The van der Waals surface area contributed by atoms with Gasteiger partial charge in [0, 0.05) is 31.0 Å². The Morgan fingerprint density at radius 1 is 1.08 bits per heavy atom.